The van der Waals surface area contributed by atoms with Gasteiger partial charge in [0, 0.05) is 34.7 Å². The molecule has 19 heavy (non-hydrogen) atoms. The Morgan fingerprint density at radius 3 is 2.37 bits per heavy atom. The maximum Gasteiger partial charge on any atom is 0.0483 e. The summed E-state index contributed by atoms with van der Waals surface area (Å²) in [4.78, 5) is 0. The molecule has 0 amide bonds. The van der Waals surface area contributed by atoms with Crippen molar-refractivity contribution in [3.05, 3.63) is 35.0 Å². The molecule has 1 aromatic heterocycles. The lowest BCUT2D eigenvalue weighted by molar-refractivity contribution is 0.444. The average Bonchev–Trinajstić information content (AvgIpc) is 2.62. The molecule has 0 fully saturated rings. The number of rotatable bonds is 3. The molecule has 0 unspecified atom stereocenters. The molecule has 2 rings (SSSR count). The van der Waals surface area contributed by atoms with Gasteiger partial charge in [-0.25, -0.2) is 0 Å². The molecule has 0 aliphatic carbocycles. The van der Waals surface area contributed by atoms with E-state index < -0.39 is 0 Å². The van der Waals surface area contributed by atoms with Crippen molar-refractivity contribution in [2.45, 2.75) is 46.1 Å². The SMILES string of the molecule is CNC(C)(C)c1c(C)n(C)c2ccc(C(C)C)cc12. The van der Waals surface area contributed by atoms with E-state index in [1.807, 2.05) is 7.05 Å². The third-order valence-electron chi connectivity index (χ3n) is 4.43. The second-order valence-corrected chi connectivity index (χ2v) is 6.33. The van der Waals surface area contributed by atoms with Crippen LogP contribution in [0.25, 0.3) is 10.9 Å². The maximum atomic E-state index is 3.44. The fourth-order valence-electron chi connectivity index (χ4n) is 2.86. The molecule has 104 valence electrons. The van der Waals surface area contributed by atoms with E-state index >= 15 is 0 Å². The first-order valence-electron chi connectivity index (χ1n) is 7.08. The third-order valence-corrected chi connectivity index (χ3v) is 4.43. The second-order valence-electron chi connectivity index (χ2n) is 6.33. The summed E-state index contributed by atoms with van der Waals surface area (Å²) in [5, 5.41) is 4.82. The highest BCUT2D eigenvalue weighted by atomic mass is 15.0. The normalized spacial score (nSPS) is 12.6. The largest absolute Gasteiger partial charge is 0.348 e. The summed E-state index contributed by atoms with van der Waals surface area (Å²) >= 11 is 0. The topological polar surface area (TPSA) is 17.0 Å². The standard InChI is InChI=1S/C17H26N2/c1-11(2)13-8-9-15-14(10-13)16(12(3)19(15)7)17(4,5)18-6/h8-11,18H,1-7H3. The molecule has 0 saturated carbocycles. The number of hydrogen-bond acceptors (Lipinski definition) is 1. The highest BCUT2D eigenvalue weighted by Crippen LogP contribution is 2.34. The van der Waals surface area contributed by atoms with Crippen molar-refractivity contribution in [2.75, 3.05) is 7.05 Å². The van der Waals surface area contributed by atoms with E-state index in [0.29, 0.717) is 5.92 Å². The van der Waals surface area contributed by atoms with Crippen molar-refractivity contribution in [2.24, 2.45) is 7.05 Å². The maximum absolute atomic E-state index is 3.44. The molecule has 2 heteroatoms. The van der Waals surface area contributed by atoms with Gasteiger partial charge in [-0.3, -0.25) is 0 Å². The zero-order valence-corrected chi connectivity index (χ0v) is 13.3. The monoisotopic (exact) mass is 258 g/mol. The van der Waals surface area contributed by atoms with E-state index in [2.05, 4.69) is 69.7 Å². The summed E-state index contributed by atoms with van der Waals surface area (Å²) in [7, 11) is 4.19. The highest BCUT2D eigenvalue weighted by Gasteiger charge is 2.26. The lowest BCUT2D eigenvalue weighted by Crippen LogP contribution is -2.33. The van der Waals surface area contributed by atoms with Crippen LogP contribution in [0, 0.1) is 6.92 Å². The second kappa shape index (κ2) is 4.68. The lowest BCUT2D eigenvalue weighted by Gasteiger charge is -2.25. The van der Waals surface area contributed by atoms with Crippen molar-refractivity contribution in [1.82, 2.24) is 9.88 Å². The van der Waals surface area contributed by atoms with E-state index in [-0.39, 0.29) is 5.54 Å². The van der Waals surface area contributed by atoms with Gasteiger partial charge in [0.25, 0.3) is 0 Å². The minimum Gasteiger partial charge on any atom is -0.348 e. The van der Waals surface area contributed by atoms with E-state index in [4.69, 9.17) is 0 Å². The van der Waals surface area contributed by atoms with Gasteiger partial charge in [-0.15, -0.1) is 0 Å². The molecule has 2 aromatic rings. The van der Waals surface area contributed by atoms with Gasteiger partial charge in [-0.1, -0.05) is 19.9 Å². The Labute approximate surface area is 116 Å². The first-order valence-corrected chi connectivity index (χ1v) is 7.08. The number of aryl methyl sites for hydroxylation is 1. The highest BCUT2D eigenvalue weighted by molar-refractivity contribution is 5.87. The predicted molar refractivity (Wildman–Crippen MR) is 83.8 cm³/mol. The molecule has 0 aliphatic heterocycles. The molecule has 0 bridgehead atoms. The zero-order valence-electron chi connectivity index (χ0n) is 13.3. The summed E-state index contributed by atoms with van der Waals surface area (Å²) in [6.45, 7) is 11.2. The van der Waals surface area contributed by atoms with Gasteiger partial charge >= 0.3 is 0 Å². The summed E-state index contributed by atoms with van der Waals surface area (Å²) in [5.41, 5.74) is 5.47. The average molecular weight is 258 g/mol. The number of nitrogens with zero attached hydrogens (tertiary/aromatic N) is 1. The lowest BCUT2D eigenvalue weighted by atomic mass is 9.90. The van der Waals surface area contributed by atoms with Crippen LogP contribution in [0.2, 0.25) is 0 Å². The third kappa shape index (κ3) is 2.18. The smallest absolute Gasteiger partial charge is 0.0483 e. The minimum absolute atomic E-state index is 0.0147. The minimum atomic E-state index is -0.0147. The van der Waals surface area contributed by atoms with E-state index in [1.165, 1.54) is 27.7 Å². The van der Waals surface area contributed by atoms with Crippen LogP contribution in [0.15, 0.2) is 18.2 Å². The van der Waals surface area contributed by atoms with Gasteiger partial charge in [0.1, 0.15) is 0 Å². The fourth-order valence-corrected chi connectivity index (χ4v) is 2.86. The molecular formula is C17H26N2. The van der Waals surface area contributed by atoms with Gasteiger partial charge in [0.2, 0.25) is 0 Å². The molecule has 0 spiro atoms. The summed E-state index contributed by atoms with van der Waals surface area (Å²) in [5.74, 6) is 0.565. The van der Waals surface area contributed by atoms with Gasteiger partial charge in [-0.2, -0.15) is 0 Å². The molecule has 1 aromatic carbocycles. The summed E-state index contributed by atoms with van der Waals surface area (Å²) in [6.07, 6.45) is 0. The Hall–Kier alpha value is -1.28. The number of nitrogens with one attached hydrogen (secondary N) is 1. The van der Waals surface area contributed by atoms with Gasteiger partial charge in [0.05, 0.1) is 0 Å². The Balaban J connectivity index is 2.81. The first kappa shape index (κ1) is 14.1. The van der Waals surface area contributed by atoms with Crippen LogP contribution in [-0.2, 0) is 12.6 Å². The molecule has 2 nitrogen and oxygen atoms in total. The van der Waals surface area contributed by atoms with Crippen molar-refractivity contribution in [3.8, 4) is 0 Å². The van der Waals surface area contributed by atoms with Gasteiger partial charge in [0.15, 0.2) is 0 Å². The van der Waals surface area contributed by atoms with Crippen LogP contribution >= 0.6 is 0 Å². The number of aromatic nitrogens is 1. The number of benzene rings is 1. The predicted octanol–water partition coefficient (Wildman–Crippen LogP) is 4.06. The summed E-state index contributed by atoms with van der Waals surface area (Å²) in [6, 6.07) is 6.87. The molecule has 0 aliphatic rings. The van der Waals surface area contributed by atoms with Crippen LogP contribution in [-0.4, -0.2) is 11.6 Å². The Bertz CT molecular complexity index is 603. The Morgan fingerprint density at radius 2 is 1.84 bits per heavy atom. The van der Waals surface area contributed by atoms with Crippen LogP contribution in [0.1, 0.15) is 50.4 Å². The number of fused-ring (bicyclic) bond motifs is 1. The van der Waals surface area contributed by atoms with Gasteiger partial charge < -0.3 is 9.88 Å². The Kier molecular flexibility index (Phi) is 3.48. The van der Waals surface area contributed by atoms with Crippen molar-refractivity contribution in [1.29, 1.82) is 0 Å². The molecule has 1 N–H and O–H groups in total. The Morgan fingerprint density at radius 1 is 1.21 bits per heavy atom. The molecular weight excluding hydrogens is 232 g/mol. The van der Waals surface area contributed by atoms with E-state index in [0.717, 1.165) is 0 Å². The van der Waals surface area contributed by atoms with E-state index in [1.54, 1.807) is 0 Å². The fraction of sp³-hybridized carbons (Fsp3) is 0.529. The summed E-state index contributed by atoms with van der Waals surface area (Å²) < 4.78 is 2.30. The van der Waals surface area contributed by atoms with Crippen molar-refractivity contribution in [3.63, 3.8) is 0 Å². The molecule has 0 atom stereocenters. The molecule has 0 saturated heterocycles. The van der Waals surface area contributed by atoms with Crippen LogP contribution in [0.5, 0.6) is 0 Å². The van der Waals surface area contributed by atoms with E-state index in [9.17, 15) is 0 Å². The quantitative estimate of drug-likeness (QED) is 0.878. The van der Waals surface area contributed by atoms with Crippen LogP contribution < -0.4 is 5.32 Å². The van der Waals surface area contributed by atoms with Crippen LogP contribution in [0.3, 0.4) is 0 Å². The van der Waals surface area contributed by atoms with Crippen LogP contribution in [0.4, 0.5) is 0 Å². The number of hydrogen-bond donors (Lipinski definition) is 1. The van der Waals surface area contributed by atoms with Gasteiger partial charge in [-0.05, 0) is 51.4 Å². The first-order chi connectivity index (χ1) is 8.79. The van der Waals surface area contributed by atoms with Crippen molar-refractivity contribution < 1.29 is 0 Å². The zero-order chi connectivity index (χ0) is 14.4. The molecule has 0 radical (unpaired) electrons. The molecule has 1 heterocycles. The van der Waals surface area contributed by atoms with Crippen molar-refractivity contribution >= 4 is 10.9 Å².